The van der Waals surface area contributed by atoms with Gasteiger partial charge in [-0.05, 0) is 62.4 Å². The molecule has 1 atom stereocenters. The van der Waals surface area contributed by atoms with Crippen LogP contribution in [0, 0.1) is 13.8 Å². The van der Waals surface area contributed by atoms with Gasteiger partial charge in [0.1, 0.15) is 11.8 Å². The highest BCUT2D eigenvalue weighted by Crippen LogP contribution is 2.22. The van der Waals surface area contributed by atoms with Crippen molar-refractivity contribution in [3.8, 4) is 5.75 Å². The number of benzene rings is 2. The van der Waals surface area contributed by atoms with E-state index in [0.29, 0.717) is 18.7 Å². The average Bonchev–Trinajstić information content (AvgIpc) is 2.81. The summed E-state index contributed by atoms with van der Waals surface area (Å²) in [6.07, 6.45) is 6.10. The number of hydrogen-bond acceptors (Lipinski definition) is 3. The maximum Gasteiger partial charge on any atom is 0.261 e. The van der Waals surface area contributed by atoms with Gasteiger partial charge in [-0.15, -0.1) is 0 Å². The zero-order chi connectivity index (χ0) is 23.8. The highest BCUT2D eigenvalue weighted by atomic mass is 79.9. The molecule has 6 heteroatoms. The second-order valence-corrected chi connectivity index (χ2v) is 9.83. The molecule has 1 N–H and O–H groups in total. The van der Waals surface area contributed by atoms with Crippen LogP contribution < -0.4 is 10.1 Å². The van der Waals surface area contributed by atoms with Gasteiger partial charge in [0.2, 0.25) is 5.91 Å². The molecule has 0 aromatic heterocycles. The molecule has 1 aliphatic carbocycles. The van der Waals surface area contributed by atoms with E-state index in [1.807, 2.05) is 63.2 Å². The third kappa shape index (κ3) is 7.32. The molecule has 2 aromatic carbocycles. The Morgan fingerprint density at radius 3 is 2.42 bits per heavy atom. The van der Waals surface area contributed by atoms with Gasteiger partial charge in [0.15, 0.2) is 6.61 Å². The summed E-state index contributed by atoms with van der Waals surface area (Å²) < 4.78 is 6.82. The van der Waals surface area contributed by atoms with Gasteiger partial charge in [0.25, 0.3) is 5.91 Å². The topological polar surface area (TPSA) is 58.6 Å². The van der Waals surface area contributed by atoms with Crippen LogP contribution in [0.15, 0.2) is 46.9 Å². The van der Waals surface area contributed by atoms with Gasteiger partial charge < -0.3 is 15.0 Å². The molecule has 5 nitrogen and oxygen atoms in total. The zero-order valence-corrected chi connectivity index (χ0v) is 21.5. The summed E-state index contributed by atoms with van der Waals surface area (Å²) in [4.78, 5) is 28.3. The number of halogens is 1. The fourth-order valence-electron chi connectivity index (χ4n) is 4.29. The Morgan fingerprint density at radius 1 is 1.09 bits per heavy atom. The first-order valence-electron chi connectivity index (χ1n) is 11.9. The predicted octanol–water partition coefficient (Wildman–Crippen LogP) is 5.70. The van der Waals surface area contributed by atoms with E-state index in [0.717, 1.165) is 46.8 Å². The molecule has 2 aromatic rings. The van der Waals surface area contributed by atoms with Crippen molar-refractivity contribution < 1.29 is 14.3 Å². The summed E-state index contributed by atoms with van der Waals surface area (Å²) in [5.41, 5.74) is 3.19. The molecule has 0 heterocycles. The Bertz CT molecular complexity index is 939. The molecule has 0 spiro atoms. The molecule has 0 saturated heterocycles. The van der Waals surface area contributed by atoms with Crippen molar-refractivity contribution in [1.29, 1.82) is 0 Å². The molecular formula is C27H35BrN2O3. The van der Waals surface area contributed by atoms with Crippen molar-refractivity contribution in [3.05, 3.63) is 63.6 Å². The highest BCUT2D eigenvalue weighted by Gasteiger charge is 2.30. The molecule has 0 radical (unpaired) electrons. The fraction of sp³-hybridized carbons (Fsp3) is 0.481. The highest BCUT2D eigenvalue weighted by molar-refractivity contribution is 9.10. The summed E-state index contributed by atoms with van der Waals surface area (Å²) in [6, 6.07) is 13.4. The Hall–Kier alpha value is -2.34. The number of aryl methyl sites for hydroxylation is 2. The van der Waals surface area contributed by atoms with Gasteiger partial charge in [0, 0.05) is 17.1 Å². The molecule has 3 rings (SSSR count). The predicted molar refractivity (Wildman–Crippen MR) is 135 cm³/mol. The lowest BCUT2D eigenvalue weighted by atomic mass is 9.95. The summed E-state index contributed by atoms with van der Waals surface area (Å²) in [7, 11) is 0. The van der Waals surface area contributed by atoms with Crippen molar-refractivity contribution in [2.24, 2.45) is 0 Å². The number of rotatable bonds is 9. The molecule has 1 fully saturated rings. The number of amides is 2. The lowest BCUT2D eigenvalue weighted by molar-refractivity contribution is -0.143. The monoisotopic (exact) mass is 514 g/mol. The maximum absolute atomic E-state index is 13.3. The second-order valence-electron chi connectivity index (χ2n) is 8.97. The van der Waals surface area contributed by atoms with E-state index in [-0.39, 0.29) is 24.5 Å². The first kappa shape index (κ1) is 25.3. The Balaban J connectivity index is 1.75. The van der Waals surface area contributed by atoms with E-state index in [2.05, 4.69) is 21.2 Å². The summed E-state index contributed by atoms with van der Waals surface area (Å²) in [5, 5.41) is 3.21. The zero-order valence-electron chi connectivity index (χ0n) is 19.9. The SMILES string of the molecule is CC[C@H](C(=O)NC1CCCCC1)N(Cc1ccc(C)cc1)C(=O)COc1ccc(Br)c(C)c1. The van der Waals surface area contributed by atoms with Gasteiger partial charge >= 0.3 is 0 Å². The normalized spacial score (nSPS) is 15.0. The first-order chi connectivity index (χ1) is 15.9. The number of nitrogens with zero attached hydrogens (tertiary/aromatic N) is 1. The lowest BCUT2D eigenvalue weighted by Gasteiger charge is -2.32. The van der Waals surface area contributed by atoms with Gasteiger partial charge in [-0.25, -0.2) is 0 Å². The van der Waals surface area contributed by atoms with Crippen LogP contribution in [-0.2, 0) is 16.1 Å². The minimum Gasteiger partial charge on any atom is -0.484 e. The number of nitrogens with one attached hydrogen (secondary N) is 1. The van der Waals surface area contributed by atoms with Gasteiger partial charge in [0.05, 0.1) is 0 Å². The number of hydrogen-bond donors (Lipinski definition) is 1. The first-order valence-corrected chi connectivity index (χ1v) is 12.7. The third-order valence-corrected chi connectivity index (χ3v) is 7.19. The van der Waals surface area contributed by atoms with E-state index in [9.17, 15) is 9.59 Å². The molecule has 0 unspecified atom stereocenters. The molecule has 0 aliphatic heterocycles. The van der Waals surface area contributed by atoms with E-state index < -0.39 is 6.04 Å². The third-order valence-electron chi connectivity index (χ3n) is 6.30. The van der Waals surface area contributed by atoms with E-state index >= 15 is 0 Å². The summed E-state index contributed by atoms with van der Waals surface area (Å²) in [5.74, 6) is 0.380. The smallest absolute Gasteiger partial charge is 0.261 e. The van der Waals surface area contributed by atoms with Crippen LogP contribution in [-0.4, -0.2) is 35.4 Å². The van der Waals surface area contributed by atoms with E-state index in [1.165, 1.54) is 6.42 Å². The molecule has 33 heavy (non-hydrogen) atoms. The molecule has 0 bridgehead atoms. The molecular weight excluding hydrogens is 480 g/mol. The van der Waals surface area contributed by atoms with Gasteiger partial charge in [-0.3, -0.25) is 9.59 Å². The van der Waals surface area contributed by atoms with Crippen LogP contribution in [0.25, 0.3) is 0 Å². The molecule has 178 valence electrons. The second kappa shape index (κ2) is 12.2. The summed E-state index contributed by atoms with van der Waals surface area (Å²) >= 11 is 3.48. The van der Waals surface area contributed by atoms with E-state index in [1.54, 1.807) is 4.90 Å². The van der Waals surface area contributed by atoms with Crippen molar-refractivity contribution in [3.63, 3.8) is 0 Å². The van der Waals surface area contributed by atoms with Crippen molar-refractivity contribution in [1.82, 2.24) is 10.2 Å². The van der Waals surface area contributed by atoms with Crippen LogP contribution in [0.5, 0.6) is 5.75 Å². The molecule has 1 saturated carbocycles. The molecule has 2 amide bonds. The number of carbonyl (C=O) groups excluding carboxylic acids is 2. The standard InChI is InChI=1S/C27H35BrN2O3/c1-4-25(27(32)29-22-8-6-5-7-9-22)30(17-21-12-10-19(2)11-13-21)26(31)18-33-23-14-15-24(28)20(3)16-23/h10-16,22,25H,4-9,17-18H2,1-3H3,(H,29,32)/t25-/m1/s1. The van der Waals surface area contributed by atoms with Crippen LogP contribution in [0.2, 0.25) is 0 Å². The Labute approximate surface area is 206 Å². The van der Waals surface area contributed by atoms with Crippen LogP contribution in [0.4, 0.5) is 0 Å². The van der Waals surface area contributed by atoms with Crippen molar-refractivity contribution >= 4 is 27.7 Å². The minimum absolute atomic E-state index is 0.0654. The molecule has 1 aliphatic rings. The van der Waals surface area contributed by atoms with Crippen LogP contribution in [0.1, 0.15) is 62.1 Å². The van der Waals surface area contributed by atoms with E-state index in [4.69, 9.17) is 4.74 Å². The Kier molecular flexibility index (Phi) is 9.36. The minimum atomic E-state index is -0.531. The van der Waals surface area contributed by atoms with Crippen molar-refractivity contribution in [2.45, 2.75) is 77.9 Å². The lowest BCUT2D eigenvalue weighted by Crippen LogP contribution is -2.52. The largest absolute Gasteiger partial charge is 0.484 e. The van der Waals surface area contributed by atoms with Crippen LogP contribution >= 0.6 is 15.9 Å². The van der Waals surface area contributed by atoms with Gasteiger partial charge in [-0.1, -0.05) is 71.9 Å². The summed E-state index contributed by atoms with van der Waals surface area (Å²) in [6.45, 7) is 6.23. The number of carbonyl (C=O) groups is 2. The maximum atomic E-state index is 13.3. The average molecular weight is 515 g/mol. The Morgan fingerprint density at radius 2 is 1.79 bits per heavy atom. The number of ether oxygens (including phenoxy) is 1. The fourth-order valence-corrected chi connectivity index (χ4v) is 4.54. The van der Waals surface area contributed by atoms with Gasteiger partial charge in [-0.2, -0.15) is 0 Å². The quantitative estimate of drug-likeness (QED) is 0.466. The van der Waals surface area contributed by atoms with Crippen molar-refractivity contribution in [2.75, 3.05) is 6.61 Å². The van der Waals surface area contributed by atoms with Crippen LogP contribution in [0.3, 0.4) is 0 Å².